The normalized spacial score (nSPS) is 11.2. The summed E-state index contributed by atoms with van der Waals surface area (Å²) in [6, 6.07) is 24.2. The fraction of sp³-hybridized carbons (Fsp3) is 0.488. The maximum atomic E-state index is 11.9. The predicted octanol–water partition coefficient (Wildman–Crippen LogP) is 10.5. The van der Waals surface area contributed by atoms with Crippen molar-refractivity contribution in [3.05, 3.63) is 117 Å². The Hall–Kier alpha value is -4.02. The molecular formula is C41H57N3O3. The Morgan fingerprint density at radius 3 is 1.26 bits per heavy atom. The summed E-state index contributed by atoms with van der Waals surface area (Å²) in [5, 5.41) is 3.51. The van der Waals surface area contributed by atoms with Gasteiger partial charge in [-0.15, -0.1) is 0 Å². The Balaban J connectivity index is 0.000000353. The van der Waals surface area contributed by atoms with Gasteiger partial charge in [0.05, 0.1) is 6.54 Å². The summed E-state index contributed by atoms with van der Waals surface area (Å²) in [5.74, 6) is 0.806. The van der Waals surface area contributed by atoms with Crippen LogP contribution in [0.3, 0.4) is 0 Å². The van der Waals surface area contributed by atoms with Gasteiger partial charge in [0.1, 0.15) is 17.3 Å². The lowest BCUT2D eigenvalue weighted by Crippen LogP contribution is -2.22. The number of azide groups is 1. The maximum Gasteiger partial charge on any atom is 0.142 e. The molecule has 0 saturated carbocycles. The molecule has 0 fully saturated rings. The zero-order chi connectivity index (χ0) is 35.8. The Kier molecular flexibility index (Phi) is 16.5. The number of Topliss-reactive ketones (excluding diaryl/α,β-unsaturated/α-hetero) is 3. The van der Waals surface area contributed by atoms with E-state index in [4.69, 9.17) is 5.53 Å². The molecule has 254 valence electrons. The molecule has 0 atom stereocenters. The van der Waals surface area contributed by atoms with Gasteiger partial charge in [0, 0.05) is 40.4 Å². The topological polar surface area (TPSA) is 100.0 Å². The lowest BCUT2D eigenvalue weighted by atomic mass is 9.87. The van der Waals surface area contributed by atoms with Crippen LogP contribution in [0.4, 0.5) is 0 Å². The minimum atomic E-state index is -0.319. The SMILES string of the molecule is CC(C)(C)C(=O)Cc1cccc(CN=[N+]=[N-])c1.CCc1ccc(CC(=O)C(C)(C)C)cc1.CCc1cccc(CC(=O)C(C)(C)C)c1. The molecule has 0 aromatic heterocycles. The second-order valence-electron chi connectivity index (χ2n) is 15.1. The summed E-state index contributed by atoms with van der Waals surface area (Å²) < 4.78 is 0. The van der Waals surface area contributed by atoms with Gasteiger partial charge in [0.25, 0.3) is 0 Å². The van der Waals surface area contributed by atoms with Gasteiger partial charge in [-0.05, 0) is 51.8 Å². The van der Waals surface area contributed by atoms with Gasteiger partial charge in [0.2, 0.25) is 0 Å². The standard InChI is InChI=1S/2C14H20O.C13H17N3O/c1-5-11-6-8-12(9-7-11)10-13(15)14(2,3)4;1-5-11-7-6-8-12(9-11)10-13(15)14(2,3)4;1-13(2,3)12(17)8-10-5-4-6-11(7-10)9-15-16-14/h2*6-9H,5,10H2,1-4H3;4-7H,8-9H2,1-3H3. The number of hydrogen-bond acceptors (Lipinski definition) is 4. The minimum absolute atomic E-state index is 0.207. The molecule has 0 radical (unpaired) electrons. The molecular weight excluding hydrogens is 582 g/mol. The summed E-state index contributed by atoms with van der Waals surface area (Å²) in [6.45, 7) is 22.2. The summed E-state index contributed by atoms with van der Waals surface area (Å²) in [6.07, 6.45) is 3.60. The number of carbonyl (C=O) groups is 3. The van der Waals surface area contributed by atoms with Crippen LogP contribution in [0.1, 0.15) is 110 Å². The van der Waals surface area contributed by atoms with E-state index in [1.54, 1.807) is 0 Å². The highest BCUT2D eigenvalue weighted by Crippen LogP contribution is 2.20. The first-order chi connectivity index (χ1) is 21.8. The third kappa shape index (κ3) is 16.4. The van der Waals surface area contributed by atoms with E-state index in [2.05, 4.69) is 60.3 Å². The Morgan fingerprint density at radius 2 is 0.872 bits per heavy atom. The van der Waals surface area contributed by atoms with Gasteiger partial charge >= 0.3 is 0 Å². The molecule has 0 aliphatic carbocycles. The van der Waals surface area contributed by atoms with Crippen molar-refractivity contribution in [1.82, 2.24) is 0 Å². The third-order valence-corrected chi connectivity index (χ3v) is 7.74. The molecule has 0 saturated heterocycles. The fourth-order valence-electron chi connectivity index (χ4n) is 4.16. The van der Waals surface area contributed by atoms with Gasteiger partial charge in [-0.3, -0.25) is 14.4 Å². The van der Waals surface area contributed by atoms with E-state index in [0.29, 0.717) is 37.4 Å². The van der Waals surface area contributed by atoms with Crippen LogP contribution in [0.5, 0.6) is 0 Å². The number of benzene rings is 3. The van der Waals surface area contributed by atoms with Gasteiger partial charge in [-0.1, -0.05) is 154 Å². The Morgan fingerprint density at radius 1 is 0.532 bits per heavy atom. The number of carbonyl (C=O) groups excluding carboxylic acids is 3. The van der Waals surface area contributed by atoms with Crippen LogP contribution in [-0.2, 0) is 53.0 Å². The molecule has 0 bridgehead atoms. The van der Waals surface area contributed by atoms with Crippen LogP contribution in [0.25, 0.3) is 10.4 Å². The lowest BCUT2D eigenvalue weighted by Gasteiger charge is -2.16. The van der Waals surface area contributed by atoms with Crippen molar-refractivity contribution in [2.45, 2.75) is 115 Å². The van der Waals surface area contributed by atoms with Crippen molar-refractivity contribution < 1.29 is 14.4 Å². The fourth-order valence-corrected chi connectivity index (χ4v) is 4.16. The van der Waals surface area contributed by atoms with Crippen LogP contribution in [-0.4, -0.2) is 17.3 Å². The molecule has 0 aliphatic rings. The first-order valence-corrected chi connectivity index (χ1v) is 16.6. The van der Waals surface area contributed by atoms with E-state index in [0.717, 1.165) is 35.1 Å². The number of rotatable bonds is 10. The first kappa shape index (κ1) is 41.0. The van der Waals surface area contributed by atoms with Crippen molar-refractivity contribution in [2.75, 3.05) is 0 Å². The average molecular weight is 640 g/mol. The molecule has 0 heterocycles. The van der Waals surface area contributed by atoms with Crippen molar-refractivity contribution in [2.24, 2.45) is 21.4 Å². The lowest BCUT2D eigenvalue weighted by molar-refractivity contribution is -0.126. The van der Waals surface area contributed by atoms with Crippen molar-refractivity contribution in [3.8, 4) is 0 Å². The summed E-state index contributed by atoms with van der Waals surface area (Å²) in [4.78, 5) is 38.2. The smallest absolute Gasteiger partial charge is 0.142 e. The molecule has 0 unspecified atom stereocenters. The third-order valence-electron chi connectivity index (χ3n) is 7.74. The number of hydrogen-bond donors (Lipinski definition) is 0. The summed E-state index contributed by atoms with van der Waals surface area (Å²) >= 11 is 0. The van der Waals surface area contributed by atoms with Gasteiger partial charge in [-0.2, -0.15) is 0 Å². The van der Waals surface area contributed by atoms with Crippen molar-refractivity contribution in [1.29, 1.82) is 0 Å². The Labute approximate surface area is 284 Å². The predicted molar refractivity (Wildman–Crippen MR) is 195 cm³/mol. The van der Waals surface area contributed by atoms with E-state index >= 15 is 0 Å². The molecule has 6 nitrogen and oxygen atoms in total. The van der Waals surface area contributed by atoms with Crippen molar-refractivity contribution in [3.63, 3.8) is 0 Å². The zero-order valence-corrected chi connectivity index (χ0v) is 30.7. The molecule has 0 amide bonds. The van der Waals surface area contributed by atoms with Gasteiger partial charge in [0.15, 0.2) is 0 Å². The minimum Gasteiger partial charge on any atom is -0.299 e. The molecule has 3 rings (SSSR count). The second-order valence-corrected chi connectivity index (χ2v) is 15.1. The summed E-state index contributed by atoms with van der Waals surface area (Å²) in [5.41, 5.74) is 14.2. The van der Waals surface area contributed by atoms with Crippen LogP contribution >= 0.6 is 0 Å². The Bertz CT molecular complexity index is 1490. The van der Waals surface area contributed by atoms with E-state index in [9.17, 15) is 14.4 Å². The van der Waals surface area contributed by atoms with E-state index in [1.165, 1.54) is 11.1 Å². The highest BCUT2D eigenvalue weighted by atomic mass is 16.1. The highest BCUT2D eigenvalue weighted by Gasteiger charge is 2.22. The zero-order valence-electron chi connectivity index (χ0n) is 30.7. The molecule has 6 heteroatoms. The number of aryl methyl sites for hydroxylation is 2. The highest BCUT2D eigenvalue weighted by molar-refractivity contribution is 5.86. The largest absolute Gasteiger partial charge is 0.299 e. The number of ketones is 3. The van der Waals surface area contributed by atoms with Gasteiger partial charge in [-0.25, -0.2) is 0 Å². The maximum absolute atomic E-state index is 11.9. The van der Waals surface area contributed by atoms with Crippen LogP contribution < -0.4 is 0 Å². The van der Waals surface area contributed by atoms with Crippen LogP contribution in [0.15, 0.2) is 77.9 Å². The van der Waals surface area contributed by atoms with Crippen LogP contribution in [0.2, 0.25) is 0 Å². The van der Waals surface area contributed by atoms with Crippen LogP contribution in [0, 0.1) is 16.2 Å². The average Bonchev–Trinajstić information content (AvgIpc) is 3.00. The second kappa shape index (κ2) is 19.0. The molecule has 3 aromatic carbocycles. The molecule has 47 heavy (non-hydrogen) atoms. The van der Waals surface area contributed by atoms with E-state index in [1.807, 2.05) is 98.7 Å². The van der Waals surface area contributed by atoms with Crippen molar-refractivity contribution >= 4 is 17.3 Å². The summed E-state index contributed by atoms with van der Waals surface area (Å²) in [7, 11) is 0. The quantitative estimate of drug-likeness (QED) is 0.125. The monoisotopic (exact) mass is 639 g/mol. The molecule has 0 N–H and O–H groups in total. The van der Waals surface area contributed by atoms with Gasteiger partial charge < -0.3 is 0 Å². The molecule has 0 aliphatic heterocycles. The first-order valence-electron chi connectivity index (χ1n) is 16.6. The molecule has 3 aromatic rings. The molecule has 0 spiro atoms. The van der Waals surface area contributed by atoms with E-state index in [-0.39, 0.29) is 22.0 Å². The van der Waals surface area contributed by atoms with E-state index < -0.39 is 0 Å². The number of nitrogens with zero attached hydrogens (tertiary/aromatic N) is 3.